The molecule has 0 radical (unpaired) electrons. The van der Waals surface area contributed by atoms with E-state index in [-0.39, 0.29) is 17.8 Å². The Labute approximate surface area is 118 Å². The highest BCUT2D eigenvalue weighted by Crippen LogP contribution is 2.31. The quantitative estimate of drug-likeness (QED) is 0.913. The van der Waals surface area contributed by atoms with E-state index >= 15 is 0 Å². The molecule has 110 valence electrons. The largest absolute Gasteiger partial charge is 0.481 e. The van der Waals surface area contributed by atoms with Crippen LogP contribution >= 0.6 is 0 Å². The number of benzene rings is 1. The number of carboxylic acid groups (broad SMARTS) is 1. The minimum Gasteiger partial charge on any atom is -0.481 e. The molecule has 1 aromatic heterocycles. The molecule has 1 aromatic carbocycles. The number of nitrogens with zero attached hydrogens (tertiary/aromatic N) is 1. The topological polar surface area (TPSA) is 76.2 Å². The van der Waals surface area contributed by atoms with E-state index in [2.05, 4.69) is 4.98 Å². The fourth-order valence-corrected chi connectivity index (χ4v) is 1.81. The highest BCUT2D eigenvalue weighted by atomic mass is 19.4. The highest BCUT2D eigenvalue weighted by Gasteiger charge is 2.29. The molecule has 4 nitrogen and oxygen atoms in total. The molecule has 0 saturated heterocycles. The van der Waals surface area contributed by atoms with Crippen LogP contribution in [0.3, 0.4) is 0 Å². The second-order valence-electron chi connectivity index (χ2n) is 4.41. The van der Waals surface area contributed by atoms with Crippen LogP contribution in [-0.2, 0) is 17.4 Å². The van der Waals surface area contributed by atoms with Crippen molar-refractivity contribution in [2.75, 3.05) is 5.73 Å². The lowest BCUT2D eigenvalue weighted by atomic mass is 10.0. The second-order valence-corrected chi connectivity index (χ2v) is 4.41. The third-order valence-electron chi connectivity index (χ3n) is 2.87. The van der Waals surface area contributed by atoms with E-state index in [0.717, 1.165) is 12.1 Å². The predicted octanol–water partition coefficient (Wildman–Crippen LogP) is 2.98. The van der Waals surface area contributed by atoms with Gasteiger partial charge in [0.25, 0.3) is 0 Å². The fraction of sp³-hybridized carbons (Fsp3) is 0.143. The first-order chi connectivity index (χ1) is 9.77. The van der Waals surface area contributed by atoms with E-state index in [1.54, 1.807) is 0 Å². The molecule has 0 spiro atoms. The van der Waals surface area contributed by atoms with Gasteiger partial charge < -0.3 is 10.8 Å². The molecule has 21 heavy (non-hydrogen) atoms. The highest BCUT2D eigenvalue weighted by molar-refractivity contribution is 5.74. The van der Waals surface area contributed by atoms with Crippen molar-refractivity contribution in [3.63, 3.8) is 0 Å². The van der Waals surface area contributed by atoms with Crippen LogP contribution in [0.5, 0.6) is 0 Å². The molecule has 0 unspecified atom stereocenters. The van der Waals surface area contributed by atoms with Gasteiger partial charge in [0.15, 0.2) is 0 Å². The van der Waals surface area contributed by atoms with Crippen molar-refractivity contribution < 1.29 is 23.1 Å². The molecule has 0 fully saturated rings. The molecule has 2 aromatic rings. The van der Waals surface area contributed by atoms with Gasteiger partial charge in [-0.2, -0.15) is 13.2 Å². The summed E-state index contributed by atoms with van der Waals surface area (Å²) >= 11 is 0. The molecule has 0 saturated carbocycles. The van der Waals surface area contributed by atoms with Crippen molar-refractivity contribution in [3.05, 3.63) is 47.8 Å². The van der Waals surface area contributed by atoms with Gasteiger partial charge in [-0.1, -0.05) is 12.1 Å². The Kier molecular flexibility index (Phi) is 3.84. The zero-order valence-corrected chi connectivity index (χ0v) is 10.7. The third-order valence-corrected chi connectivity index (χ3v) is 2.87. The average molecular weight is 296 g/mol. The van der Waals surface area contributed by atoms with Crippen molar-refractivity contribution >= 4 is 11.7 Å². The van der Waals surface area contributed by atoms with Crippen molar-refractivity contribution in [1.82, 2.24) is 4.98 Å². The van der Waals surface area contributed by atoms with Crippen molar-refractivity contribution in [2.45, 2.75) is 12.6 Å². The summed E-state index contributed by atoms with van der Waals surface area (Å²) in [5, 5.41) is 8.68. The first kappa shape index (κ1) is 14.8. The number of aromatic nitrogens is 1. The second kappa shape index (κ2) is 5.43. The Morgan fingerprint density at radius 2 is 1.81 bits per heavy atom. The van der Waals surface area contributed by atoms with Crippen molar-refractivity contribution in [2.24, 2.45) is 0 Å². The molecule has 0 aliphatic carbocycles. The maximum atomic E-state index is 12.5. The third kappa shape index (κ3) is 3.50. The number of pyridine rings is 1. The van der Waals surface area contributed by atoms with Gasteiger partial charge in [-0.05, 0) is 23.8 Å². The number of nitrogens with two attached hydrogens (primary N) is 1. The van der Waals surface area contributed by atoms with Crippen LogP contribution in [0.4, 0.5) is 18.9 Å². The summed E-state index contributed by atoms with van der Waals surface area (Å²) in [7, 11) is 0. The first-order valence-corrected chi connectivity index (χ1v) is 5.91. The van der Waals surface area contributed by atoms with E-state index < -0.39 is 17.7 Å². The van der Waals surface area contributed by atoms with Crippen LogP contribution in [-0.4, -0.2) is 16.1 Å². The molecule has 7 heteroatoms. The number of carbonyl (C=O) groups is 1. The van der Waals surface area contributed by atoms with Gasteiger partial charge in [0.1, 0.15) is 0 Å². The lowest BCUT2D eigenvalue weighted by Crippen LogP contribution is -2.06. The van der Waals surface area contributed by atoms with E-state index in [1.165, 1.54) is 24.4 Å². The molecule has 0 amide bonds. The lowest BCUT2D eigenvalue weighted by molar-refractivity contribution is -0.138. The maximum Gasteiger partial charge on any atom is 0.416 e. The molecule has 3 N–H and O–H groups in total. The van der Waals surface area contributed by atoms with Crippen LogP contribution in [0, 0.1) is 0 Å². The summed E-state index contributed by atoms with van der Waals surface area (Å²) in [5.74, 6) is -1.06. The van der Waals surface area contributed by atoms with E-state index in [0.29, 0.717) is 11.1 Å². The van der Waals surface area contributed by atoms with Crippen molar-refractivity contribution in [3.8, 4) is 11.1 Å². The van der Waals surface area contributed by atoms with Crippen LogP contribution < -0.4 is 5.73 Å². The number of hydrogen-bond acceptors (Lipinski definition) is 3. The smallest absolute Gasteiger partial charge is 0.416 e. The molecular formula is C14H11F3N2O2. The standard InChI is InChI=1S/C14H11F3N2O2/c15-14(16,17)10-3-1-8(2-4-10)9-5-11(18)12(19-7-9)6-13(20)21/h1-5,7H,6,18H2,(H,20,21). The summed E-state index contributed by atoms with van der Waals surface area (Å²) in [5.41, 5.74) is 6.41. The number of alkyl halides is 3. The van der Waals surface area contributed by atoms with E-state index in [9.17, 15) is 18.0 Å². The number of aliphatic carboxylic acids is 1. The lowest BCUT2D eigenvalue weighted by Gasteiger charge is -2.09. The summed E-state index contributed by atoms with van der Waals surface area (Å²) in [4.78, 5) is 14.5. The van der Waals surface area contributed by atoms with Gasteiger partial charge in [0, 0.05) is 11.8 Å². The molecular weight excluding hydrogens is 285 g/mol. The summed E-state index contributed by atoms with van der Waals surface area (Å²) in [6, 6.07) is 6.06. The van der Waals surface area contributed by atoms with Gasteiger partial charge >= 0.3 is 12.1 Å². The zero-order valence-electron chi connectivity index (χ0n) is 10.7. The summed E-state index contributed by atoms with van der Waals surface area (Å²) < 4.78 is 37.4. The van der Waals surface area contributed by atoms with E-state index in [1.807, 2.05) is 0 Å². The van der Waals surface area contributed by atoms with Gasteiger partial charge in [0.2, 0.25) is 0 Å². The molecule has 0 aliphatic heterocycles. The Morgan fingerprint density at radius 3 is 2.29 bits per heavy atom. The summed E-state index contributed by atoms with van der Waals surface area (Å²) in [6.07, 6.45) is -3.31. The number of anilines is 1. The molecule has 0 aliphatic rings. The number of rotatable bonds is 3. The van der Waals surface area contributed by atoms with Gasteiger partial charge in [0.05, 0.1) is 23.4 Å². The molecule has 2 rings (SSSR count). The van der Waals surface area contributed by atoms with Crippen LogP contribution in [0.15, 0.2) is 36.5 Å². The SMILES string of the molecule is Nc1cc(-c2ccc(C(F)(F)F)cc2)cnc1CC(=O)O. The molecule has 1 heterocycles. The number of hydrogen-bond donors (Lipinski definition) is 2. The average Bonchev–Trinajstić information content (AvgIpc) is 2.40. The van der Waals surface area contributed by atoms with Crippen LogP contribution in [0.25, 0.3) is 11.1 Å². The summed E-state index contributed by atoms with van der Waals surface area (Å²) in [6.45, 7) is 0. The monoisotopic (exact) mass is 296 g/mol. The van der Waals surface area contributed by atoms with Gasteiger partial charge in [-0.15, -0.1) is 0 Å². The predicted molar refractivity (Wildman–Crippen MR) is 70.4 cm³/mol. The number of halogens is 3. The van der Waals surface area contributed by atoms with Gasteiger partial charge in [-0.25, -0.2) is 0 Å². The number of carboxylic acids is 1. The Morgan fingerprint density at radius 1 is 1.19 bits per heavy atom. The zero-order chi connectivity index (χ0) is 15.6. The Balaban J connectivity index is 2.30. The maximum absolute atomic E-state index is 12.5. The Bertz CT molecular complexity index is 667. The fourth-order valence-electron chi connectivity index (χ4n) is 1.81. The first-order valence-electron chi connectivity index (χ1n) is 5.91. The molecule has 0 bridgehead atoms. The Hall–Kier alpha value is -2.57. The number of nitrogen functional groups attached to an aromatic ring is 1. The van der Waals surface area contributed by atoms with Crippen LogP contribution in [0.1, 0.15) is 11.3 Å². The minimum absolute atomic E-state index is 0.190. The molecule has 0 atom stereocenters. The minimum atomic E-state index is -4.39. The normalized spacial score (nSPS) is 11.4. The van der Waals surface area contributed by atoms with Gasteiger partial charge in [-0.3, -0.25) is 9.78 Å². The van der Waals surface area contributed by atoms with Crippen molar-refractivity contribution in [1.29, 1.82) is 0 Å². The van der Waals surface area contributed by atoms with E-state index in [4.69, 9.17) is 10.8 Å². The van der Waals surface area contributed by atoms with Crippen LogP contribution in [0.2, 0.25) is 0 Å².